The molecule has 4 rings (SSSR count). The van der Waals surface area contributed by atoms with Gasteiger partial charge in [-0.05, 0) is 23.9 Å². The first-order chi connectivity index (χ1) is 14.0. The number of benzene rings is 1. The van der Waals surface area contributed by atoms with Crippen LogP contribution in [0.2, 0.25) is 0 Å². The van der Waals surface area contributed by atoms with Crippen LogP contribution < -0.4 is 10.7 Å². The SMILES string of the molecule is C[C@@]1(c2ccccc2)NC(=O)N(NC(=O)CCc2nc(-c3ccsc3)no2)C1=O. The van der Waals surface area contributed by atoms with E-state index in [1.54, 1.807) is 31.2 Å². The van der Waals surface area contributed by atoms with Crippen LogP contribution in [0.15, 0.2) is 51.7 Å². The smallest absolute Gasteiger partial charge is 0.339 e. The number of aryl methyl sites for hydroxylation is 1. The number of nitrogens with one attached hydrogen (secondary N) is 2. The fraction of sp³-hybridized carbons (Fsp3) is 0.211. The van der Waals surface area contributed by atoms with E-state index in [0.717, 1.165) is 5.56 Å². The van der Waals surface area contributed by atoms with Crippen LogP contribution in [-0.2, 0) is 21.5 Å². The fourth-order valence-electron chi connectivity index (χ4n) is 2.97. The molecule has 1 fully saturated rings. The van der Waals surface area contributed by atoms with Crippen molar-refractivity contribution in [3.8, 4) is 11.4 Å². The standard InChI is InChI=1S/C19H17N5O4S/c1-19(13-5-3-2-4-6-13)17(26)24(18(27)21-19)22-14(25)7-8-15-20-16(23-28-15)12-9-10-29-11-12/h2-6,9-11H,7-8H2,1H3,(H,21,27)(H,22,25)/t19-/m0/s1. The van der Waals surface area contributed by atoms with Crippen LogP contribution >= 0.6 is 11.3 Å². The summed E-state index contributed by atoms with van der Waals surface area (Å²) in [5.74, 6) is -0.317. The molecule has 2 N–H and O–H groups in total. The molecule has 1 aliphatic rings. The second kappa shape index (κ2) is 7.47. The van der Waals surface area contributed by atoms with Crippen molar-refractivity contribution in [3.63, 3.8) is 0 Å². The number of hydrazine groups is 1. The van der Waals surface area contributed by atoms with E-state index in [4.69, 9.17) is 4.52 Å². The number of hydrogen-bond acceptors (Lipinski definition) is 7. The Bertz CT molecular complexity index is 1050. The number of hydrogen-bond donors (Lipinski definition) is 2. The van der Waals surface area contributed by atoms with Gasteiger partial charge in [0, 0.05) is 23.8 Å². The molecule has 4 amide bonds. The number of rotatable bonds is 6. The van der Waals surface area contributed by atoms with Crippen molar-refractivity contribution in [2.75, 3.05) is 0 Å². The molecule has 0 spiro atoms. The van der Waals surface area contributed by atoms with E-state index in [-0.39, 0.29) is 12.8 Å². The minimum Gasteiger partial charge on any atom is -0.339 e. The monoisotopic (exact) mass is 411 g/mol. The van der Waals surface area contributed by atoms with Crippen LogP contribution in [0.3, 0.4) is 0 Å². The van der Waals surface area contributed by atoms with Gasteiger partial charge < -0.3 is 9.84 Å². The van der Waals surface area contributed by atoms with Crippen LogP contribution in [0.4, 0.5) is 4.79 Å². The number of amides is 4. The highest BCUT2D eigenvalue weighted by Crippen LogP contribution is 2.27. The maximum absolute atomic E-state index is 12.8. The number of aromatic nitrogens is 2. The molecule has 0 unspecified atom stereocenters. The number of carbonyl (C=O) groups excluding carboxylic acids is 3. The predicted molar refractivity (Wildman–Crippen MR) is 103 cm³/mol. The molecule has 148 valence electrons. The summed E-state index contributed by atoms with van der Waals surface area (Å²) in [5.41, 5.74) is 2.58. The van der Waals surface area contributed by atoms with Crippen molar-refractivity contribution < 1.29 is 18.9 Å². The molecule has 9 nitrogen and oxygen atoms in total. The Labute approximate surface area is 169 Å². The molecule has 0 saturated carbocycles. The van der Waals surface area contributed by atoms with Crippen LogP contribution in [0.5, 0.6) is 0 Å². The molecule has 2 aromatic heterocycles. The number of imide groups is 1. The van der Waals surface area contributed by atoms with Crippen LogP contribution in [0.25, 0.3) is 11.4 Å². The highest BCUT2D eigenvalue weighted by molar-refractivity contribution is 7.08. The quantitative estimate of drug-likeness (QED) is 0.601. The largest absolute Gasteiger partial charge is 0.344 e. The first kappa shape index (κ1) is 18.8. The topological polar surface area (TPSA) is 117 Å². The molecular weight excluding hydrogens is 394 g/mol. The maximum atomic E-state index is 12.8. The van der Waals surface area contributed by atoms with Gasteiger partial charge in [0.1, 0.15) is 5.54 Å². The Morgan fingerprint density at radius 3 is 2.79 bits per heavy atom. The number of nitrogens with zero attached hydrogens (tertiary/aromatic N) is 3. The lowest BCUT2D eigenvalue weighted by atomic mass is 9.92. The van der Waals surface area contributed by atoms with Crippen molar-refractivity contribution in [1.82, 2.24) is 25.9 Å². The Morgan fingerprint density at radius 2 is 2.07 bits per heavy atom. The van der Waals surface area contributed by atoms with Gasteiger partial charge in [-0.15, -0.1) is 0 Å². The lowest BCUT2D eigenvalue weighted by Gasteiger charge is -2.22. The van der Waals surface area contributed by atoms with Gasteiger partial charge in [0.25, 0.3) is 5.91 Å². The zero-order valence-electron chi connectivity index (χ0n) is 15.4. The van der Waals surface area contributed by atoms with E-state index in [0.29, 0.717) is 22.3 Å². The molecule has 29 heavy (non-hydrogen) atoms. The summed E-state index contributed by atoms with van der Waals surface area (Å²) in [4.78, 5) is 41.5. The minimum absolute atomic E-state index is 0.0234. The third kappa shape index (κ3) is 3.61. The first-order valence-corrected chi connectivity index (χ1v) is 9.78. The van der Waals surface area contributed by atoms with Gasteiger partial charge in [0.05, 0.1) is 0 Å². The Morgan fingerprint density at radius 1 is 1.28 bits per heavy atom. The van der Waals surface area contributed by atoms with E-state index in [9.17, 15) is 14.4 Å². The van der Waals surface area contributed by atoms with Crippen molar-refractivity contribution in [3.05, 3.63) is 58.6 Å². The molecule has 1 aliphatic heterocycles. The number of urea groups is 1. The third-order valence-corrected chi connectivity index (χ3v) is 5.28. The fourth-order valence-corrected chi connectivity index (χ4v) is 3.61. The lowest BCUT2D eigenvalue weighted by Crippen LogP contribution is -2.48. The summed E-state index contributed by atoms with van der Waals surface area (Å²) >= 11 is 1.52. The third-order valence-electron chi connectivity index (χ3n) is 4.59. The average molecular weight is 411 g/mol. The van der Waals surface area contributed by atoms with Crippen molar-refractivity contribution >= 4 is 29.2 Å². The Hall–Kier alpha value is -3.53. The molecule has 1 saturated heterocycles. The van der Waals surface area contributed by atoms with Crippen LogP contribution in [-0.4, -0.2) is 33.0 Å². The number of thiophene rings is 1. The van der Waals surface area contributed by atoms with Gasteiger partial charge >= 0.3 is 6.03 Å². The molecule has 0 radical (unpaired) electrons. The van der Waals surface area contributed by atoms with E-state index >= 15 is 0 Å². The first-order valence-electron chi connectivity index (χ1n) is 8.84. The highest BCUT2D eigenvalue weighted by Gasteiger charge is 2.49. The summed E-state index contributed by atoms with van der Waals surface area (Å²) in [5, 5.41) is 11.0. The van der Waals surface area contributed by atoms with Crippen LogP contribution in [0.1, 0.15) is 24.8 Å². The lowest BCUT2D eigenvalue weighted by molar-refractivity contribution is -0.139. The van der Waals surface area contributed by atoms with Crippen molar-refractivity contribution in [2.24, 2.45) is 0 Å². The summed E-state index contributed by atoms with van der Waals surface area (Å²) in [6.07, 6.45) is 0.160. The van der Waals surface area contributed by atoms with Gasteiger partial charge in [-0.25, -0.2) is 4.79 Å². The predicted octanol–water partition coefficient (Wildman–Crippen LogP) is 2.23. The molecule has 1 aromatic carbocycles. The molecule has 10 heteroatoms. The van der Waals surface area contributed by atoms with Gasteiger partial charge in [0.15, 0.2) is 0 Å². The van der Waals surface area contributed by atoms with Gasteiger partial charge in [0.2, 0.25) is 17.6 Å². The average Bonchev–Trinajstić information content (AvgIpc) is 3.45. The van der Waals surface area contributed by atoms with E-state index in [2.05, 4.69) is 20.9 Å². The zero-order valence-corrected chi connectivity index (χ0v) is 16.2. The zero-order chi connectivity index (χ0) is 20.4. The molecule has 3 heterocycles. The second-order valence-electron chi connectivity index (χ2n) is 6.62. The van der Waals surface area contributed by atoms with Gasteiger partial charge in [-0.1, -0.05) is 35.5 Å². The summed E-state index contributed by atoms with van der Waals surface area (Å²) in [6.45, 7) is 1.60. The Kier molecular flexibility index (Phi) is 4.85. The maximum Gasteiger partial charge on any atom is 0.344 e. The normalized spacial score (nSPS) is 18.7. The highest BCUT2D eigenvalue weighted by atomic mass is 32.1. The van der Waals surface area contributed by atoms with E-state index < -0.39 is 23.4 Å². The van der Waals surface area contributed by atoms with E-state index in [1.165, 1.54) is 11.3 Å². The molecule has 3 aromatic rings. The molecule has 0 bridgehead atoms. The summed E-state index contributed by atoms with van der Waals surface area (Å²) in [6, 6.07) is 10.0. The molecule has 1 atom stereocenters. The van der Waals surface area contributed by atoms with Crippen molar-refractivity contribution in [2.45, 2.75) is 25.3 Å². The molecular formula is C19H17N5O4S. The molecule has 0 aliphatic carbocycles. The second-order valence-corrected chi connectivity index (χ2v) is 7.40. The van der Waals surface area contributed by atoms with Crippen molar-refractivity contribution in [1.29, 1.82) is 0 Å². The summed E-state index contributed by atoms with van der Waals surface area (Å²) < 4.78 is 5.15. The minimum atomic E-state index is -1.24. The van der Waals surface area contributed by atoms with Crippen LogP contribution in [0, 0.1) is 0 Å². The summed E-state index contributed by atoms with van der Waals surface area (Å²) in [7, 11) is 0. The van der Waals surface area contributed by atoms with E-state index in [1.807, 2.05) is 22.9 Å². The van der Waals surface area contributed by atoms with Gasteiger partial charge in [-0.2, -0.15) is 21.3 Å². The Balaban J connectivity index is 1.37. The van der Waals surface area contributed by atoms with Gasteiger partial charge in [-0.3, -0.25) is 15.0 Å². The number of carbonyl (C=O) groups is 3.